The number of rotatable bonds is 4. The average molecular weight is 315 g/mol. The second-order valence-corrected chi connectivity index (χ2v) is 7.19. The minimum absolute atomic E-state index is 0.0231. The molecule has 0 unspecified atom stereocenters. The van der Waals surface area contributed by atoms with Crippen LogP contribution in [0.15, 0.2) is 16.3 Å². The largest absolute Gasteiger partial charge is 0.477 e. The van der Waals surface area contributed by atoms with Crippen molar-refractivity contribution in [2.45, 2.75) is 18.1 Å². The van der Waals surface area contributed by atoms with Gasteiger partial charge in [0.15, 0.2) is 0 Å². The maximum absolute atomic E-state index is 12.2. The van der Waals surface area contributed by atoms with Crippen LogP contribution in [0.5, 0.6) is 0 Å². The summed E-state index contributed by atoms with van der Waals surface area (Å²) in [7, 11) is -2.09. The Balaban J connectivity index is 2.38. The molecule has 2 heterocycles. The van der Waals surface area contributed by atoms with E-state index < -0.39 is 16.0 Å². The Morgan fingerprint density at radius 2 is 2.05 bits per heavy atom. The Morgan fingerprint density at radius 1 is 1.40 bits per heavy atom. The number of anilines is 1. The van der Waals surface area contributed by atoms with Crippen molar-refractivity contribution >= 4 is 33.0 Å². The SMILES string of the molecule is Cc1nn(C)c(C)c1NS(=O)(=O)c1ccc(C(=O)O)s1. The second kappa shape index (κ2) is 4.91. The molecule has 0 bridgehead atoms. The Hall–Kier alpha value is -1.87. The predicted octanol–water partition coefficient (Wildman–Crippen LogP) is 1.60. The van der Waals surface area contributed by atoms with Crippen molar-refractivity contribution in [2.75, 3.05) is 4.72 Å². The summed E-state index contributed by atoms with van der Waals surface area (Å²) in [6, 6.07) is 2.54. The molecule has 0 amide bonds. The van der Waals surface area contributed by atoms with Crippen LogP contribution in [0, 0.1) is 13.8 Å². The summed E-state index contributed by atoms with van der Waals surface area (Å²) < 4.78 is 28.4. The number of hydrogen-bond donors (Lipinski definition) is 2. The molecule has 7 nitrogen and oxygen atoms in total. The molecular weight excluding hydrogens is 302 g/mol. The van der Waals surface area contributed by atoms with Crippen LogP contribution in [0.25, 0.3) is 0 Å². The number of thiophene rings is 1. The molecule has 0 aromatic carbocycles. The number of sulfonamides is 1. The monoisotopic (exact) mass is 315 g/mol. The first-order chi connectivity index (χ1) is 9.22. The van der Waals surface area contributed by atoms with E-state index in [1.165, 1.54) is 12.1 Å². The highest BCUT2D eigenvalue weighted by molar-refractivity contribution is 7.94. The molecule has 0 aliphatic carbocycles. The summed E-state index contributed by atoms with van der Waals surface area (Å²) in [5, 5.41) is 12.9. The van der Waals surface area contributed by atoms with Crippen LogP contribution in [0.3, 0.4) is 0 Å². The van der Waals surface area contributed by atoms with Crippen LogP contribution in [0.2, 0.25) is 0 Å². The van der Waals surface area contributed by atoms with Crippen LogP contribution in [0.4, 0.5) is 5.69 Å². The molecule has 2 aromatic rings. The van der Waals surface area contributed by atoms with Gasteiger partial charge in [0, 0.05) is 7.05 Å². The van der Waals surface area contributed by atoms with Crippen LogP contribution < -0.4 is 4.72 Å². The first kappa shape index (κ1) is 14.5. The van der Waals surface area contributed by atoms with Gasteiger partial charge in [0.25, 0.3) is 10.0 Å². The average Bonchev–Trinajstić information content (AvgIpc) is 2.92. The standard InChI is InChI=1S/C11H13N3O4S2/c1-6-10(7(2)14(3)12-6)13-20(17,18)9-5-4-8(19-9)11(15)16/h4-5,13H,1-3H3,(H,15,16). The Morgan fingerprint density at radius 3 is 2.50 bits per heavy atom. The first-order valence-corrected chi connectivity index (χ1v) is 7.88. The van der Waals surface area contributed by atoms with E-state index in [1.54, 1.807) is 25.6 Å². The summed E-state index contributed by atoms with van der Waals surface area (Å²) in [4.78, 5) is 10.8. The number of aryl methyl sites for hydroxylation is 2. The summed E-state index contributed by atoms with van der Waals surface area (Å²) in [6.45, 7) is 3.44. The minimum atomic E-state index is -3.81. The van der Waals surface area contributed by atoms with E-state index in [2.05, 4.69) is 9.82 Å². The number of carboxylic acid groups (broad SMARTS) is 1. The van der Waals surface area contributed by atoms with Crippen LogP contribution >= 0.6 is 11.3 Å². The summed E-state index contributed by atoms with van der Waals surface area (Å²) in [5.74, 6) is -1.15. The van der Waals surface area contributed by atoms with E-state index in [-0.39, 0.29) is 9.09 Å². The van der Waals surface area contributed by atoms with Gasteiger partial charge in [0.1, 0.15) is 9.09 Å². The fourth-order valence-electron chi connectivity index (χ4n) is 1.69. The zero-order chi connectivity index (χ0) is 15.1. The Labute approximate surface area is 119 Å². The molecule has 108 valence electrons. The van der Waals surface area contributed by atoms with Gasteiger partial charge in [0.2, 0.25) is 0 Å². The van der Waals surface area contributed by atoms with Gasteiger partial charge in [-0.3, -0.25) is 9.40 Å². The molecule has 2 rings (SSSR count). The van der Waals surface area contributed by atoms with Crippen molar-refractivity contribution < 1.29 is 18.3 Å². The third kappa shape index (κ3) is 2.54. The molecule has 0 aliphatic rings. The molecule has 2 N–H and O–H groups in total. The molecular formula is C11H13N3O4S2. The first-order valence-electron chi connectivity index (χ1n) is 5.58. The molecule has 0 saturated carbocycles. The Bertz CT molecular complexity index is 774. The third-order valence-corrected chi connectivity index (χ3v) is 5.72. The van der Waals surface area contributed by atoms with Gasteiger partial charge in [-0.25, -0.2) is 13.2 Å². The smallest absolute Gasteiger partial charge is 0.345 e. The molecule has 0 atom stereocenters. The number of nitrogens with one attached hydrogen (secondary N) is 1. The summed E-state index contributed by atoms with van der Waals surface area (Å²) >= 11 is 0.708. The van der Waals surface area contributed by atoms with Crippen molar-refractivity contribution in [3.8, 4) is 0 Å². The van der Waals surface area contributed by atoms with Gasteiger partial charge < -0.3 is 5.11 Å². The number of hydrogen-bond acceptors (Lipinski definition) is 5. The lowest BCUT2D eigenvalue weighted by atomic mass is 10.3. The lowest BCUT2D eigenvalue weighted by Crippen LogP contribution is -2.12. The molecule has 0 fully saturated rings. The van der Waals surface area contributed by atoms with Gasteiger partial charge in [-0.1, -0.05) is 0 Å². The number of nitrogens with zero attached hydrogens (tertiary/aromatic N) is 2. The normalized spacial score (nSPS) is 11.6. The lowest BCUT2D eigenvalue weighted by molar-refractivity contribution is 0.0702. The van der Waals surface area contributed by atoms with Crippen LogP contribution in [0.1, 0.15) is 21.1 Å². The number of aromatic nitrogens is 2. The third-order valence-electron chi connectivity index (χ3n) is 2.80. The zero-order valence-corrected chi connectivity index (χ0v) is 12.7. The number of carboxylic acids is 1. The molecule has 20 heavy (non-hydrogen) atoms. The summed E-state index contributed by atoms with van der Waals surface area (Å²) in [6.07, 6.45) is 0. The quantitative estimate of drug-likeness (QED) is 0.892. The molecule has 0 saturated heterocycles. The van der Waals surface area contributed by atoms with Gasteiger partial charge >= 0.3 is 5.97 Å². The van der Waals surface area contributed by atoms with Gasteiger partial charge in [-0.2, -0.15) is 5.10 Å². The van der Waals surface area contributed by atoms with E-state index in [0.717, 1.165) is 0 Å². The maximum Gasteiger partial charge on any atom is 0.345 e. The molecule has 0 spiro atoms. The highest BCUT2D eigenvalue weighted by Gasteiger charge is 2.22. The highest BCUT2D eigenvalue weighted by atomic mass is 32.2. The maximum atomic E-state index is 12.2. The topological polar surface area (TPSA) is 101 Å². The van der Waals surface area contributed by atoms with Gasteiger partial charge in [0.05, 0.1) is 17.1 Å². The fraction of sp³-hybridized carbons (Fsp3) is 0.273. The van der Waals surface area contributed by atoms with Crippen molar-refractivity contribution in [1.82, 2.24) is 9.78 Å². The van der Waals surface area contributed by atoms with Crippen LogP contribution in [-0.4, -0.2) is 29.3 Å². The minimum Gasteiger partial charge on any atom is -0.477 e. The second-order valence-electron chi connectivity index (χ2n) is 4.20. The van der Waals surface area contributed by atoms with Crippen molar-refractivity contribution in [1.29, 1.82) is 0 Å². The van der Waals surface area contributed by atoms with E-state index >= 15 is 0 Å². The van der Waals surface area contributed by atoms with Crippen molar-refractivity contribution in [3.05, 3.63) is 28.4 Å². The lowest BCUT2D eigenvalue weighted by Gasteiger charge is -2.06. The fourth-order valence-corrected chi connectivity index (χ4v) is 4.01. The molecule has 9 heteroatoms. The molecule has 2 aromatic heterocycles. The summed E-state index contributed by atoms with van der Waals surface area (Å²) in [5.41, 5.74) is 1.66. The highest BCUT2D eigenvalue weighted by Crippen LogP contribution is 2.26. The Kier molecular flexibility index (Phi) is 3.57. The van der Waals surface area contributed by atoms with Gasteiger partial charge in [-0.05, 0) is 26.0 Å². The number of aromatic carboxylic acids is 1. The van der Waals surface area contributed by atoms with Crippen molar-refractivity contribution in [3.63, 3.8) is 0 Å². The van der Waals surface area contributed by atoms with Crippen LogP contribution in [-0.2, 0) is 17.1 Å². The predicted molar refractivity (Wildman–Crippen MR) is 74.8 cm³/mol. The number of carbonyl (C=O) groups is 1. The van der Waals surface area contributed by atoms with E-state index in [4.69, 9.17) is 5.11 Å². The van der Waals surface area contributed by atoms with E-state index in [0.29, 0.717) is 28.4 Å². The van der Waals surface area contributed by atoms with E-state index in [1.807, 2.05) is 0 Å². The zero-order valence-electron chi connectivity index (χ0n) is 11.0. The molecule has 0 aliphatic heterocycles. The molecule has 0 radical (unpaired) electrons. The van der Waals surface area contributed by atoms with Gasteiger partial charge in [-0.15, -0.1) is 11.3 Å². The van der Waals surface area contributed by atoms with Crippen molar-refractivity contribution in [2.24, 2.45) is 7.05 Å². The van der Waals surface area contributed by atoms with E-state index in [9.17, 15) is 13.2 Å².